The third-order valence-electron chi connectivity index (χ3n) is 7.71. The molecule has 0 atom stereocenters. The van der Waals surface area contributed by atoms with Gasteiger partial charge in [-0.15, -0.1) is 0 Å². The van der Waals surface area contributed by atoms with Crippen LogP contribution in [0.15, 0.2) is 42.1 Å². The highest BCUT2D eigenvalue weighted by atomic mass is 35.5. The van der Waals surface area contributed by atoms with Crippen molar-refractivity contribution in [3.05, 3.63) is 69.5 Å². The quantitative estimate of drug-likeness (QED) is 0.402. The number of benzene rings is 1. The number of amides is 2. The highest BCUT2D eigenvalue weighted by Gasteiger charge is 2.26. The summed E-state index contributed by atoms with van der Waals surface area (Å²) in [6, 6.07) is 10.6. The summed E-state index contributed by atoms with van der Waals surface area (Å²) in [6.07, 6.45) is 10.3. The van der Waals surface area contributed by atoms with Gasteiger partial charge in [-0.3, -0.25) is 4.98 Å². The van der Waals surface area contributed by atoms with E-state index in [0.717, 1.165) is 75.5 Å². The van der Waals surface area contributed by atoms with Crippen LogP contribution in [0.3, 0.4) is 0 Å². The van der Waals surface area contributed by atoms with E-state index in [1.807, 2.05) is 23.2 Å². The molecule has 0 radical (unpaired) electrons. The second kappa shape index (κ2) is 13.3. The number of pyridine rings is 1. The molecule has 1 aromatic carbocycles. The van der Waals surface area contributed by atoms with Crippen molar-refractivity contribution in [2.45, 2.75) is 65.2 Å². The van der Waals surface area contributed by atoms with E-state index in [1.54, 1.807) is 0 Å². The van der Waals surface area contributed by atoms with E-state index < -0.39 is 0 Å². The van der Waals surface area contributed by atoms with Crippen LogP contribution in [0.4, 0.5) is 4.79 Å². The molecule has 0 unspecified atom stereocenters. The molecule has 2 aliphatic rings. The van der Waals surface area contributed by atoms with Crippen LogP contribution in [0.2, 0.25) is 5.02 Å². The van der Waals surface area contributed by atoms with E-state index in [-0.39, 0.29) is 6.03 Å². The van der Waals surface area contributed by atoms with Gasteiger partial charge in [-0.05, 0) is 93.0 Å². The zero-order valence-corrected chi connectivity index (χ0v) is 22.7. The summed E-state index contributed by atoms with van der Waals surface area (Å²) in [5.74, 6) is 0. The van der Waals surface area contributed by atoms with Gasteiger partial charge in [0.15, 0.2) is 0 Å². The first-order valence-corrected chi connectivity index (χ1v) is 14.2. The fourth-order valence-corrected chi connectivity index (χ4v) is 5.72. The molecule has 2 amide bonds. The van der Waals surface area contributed by atoms with Crippen molar-refractivity contribution >= 4 is 23.2 Å². The van der Waals surface area contributed by atoms with Crippen molar-refractivity contribution in [3.63, 3.8) is 0 Å². The molecular weight excluding hydrogens is 468 g/mol. The van der Waals surface area contributed by atoms with Crippen molar-refractivity contribution in [2.75, 3.05) is 39.3 Å². The van der Waals surface area contributed by atoms with Gasteiger partial charge in [-0.25, -0.2) is 4.79 Å². The number of carbonyl (C=O) groups is 1. The summed E-state index contributed by atoms with van der Waals surface area (Å²) < 4.78 is 0. The molecule has 2 heterocycles. The van der Waals surface area contributed by atoms with Crippen LogP contribution in [-0.2, 0) is 12.8 Å². The number of rotatable bonds is 9. The lowest BCUT2D eigenvalue weighted by atomic mass is 9.88. The van der Waals surface area contributed by atoms with E-state index in [9.17, 15) is 4.79 Å². The number of unbranched alkanes of at least 4 members (excludes halogenated alkanes) is 3. The number of aromatic nitrogens is 1. The normalized spacial score (nSPS) is 15.5. The first kappa shape index (κ1) is 26.7. The average molecular weight is 509 g/mol. The zero-order chi connectivity index (χ0) is 25.3. The number of hydrogen-bond donors (Lipinski definition) is 1. The van der Waals surface area contributed by atoms with Crippen LogP contribution in [0.25, 0.3) is 5.57 Å². The van der Waals surface area contributed by atoms with Gasteiger partial charge in [0, 0.05) is 36.4 Å². The molecule has 1 saturated heterocycles. The standard InChI is InChI=1S/C30H41ClN4O/c1-3-34(4-2)19-8-6-5-7-17-33-30(36)35-20-15-23(16-21-35)28-27-14-13-26(31)22-25(27)12-11-24-10-9-18-32-29(24)28/h9-10,13-14,18,22H,3-8,11-12,15-17,19-21H2,1-2H3,(H,33,36). The van der Waals surface area contributed by atoms with E-state index in [0.29, 0.717) is 0 Å². The van der Waals surface area contributed by atoms with Crippen LogP contribution in [-0.4, -0.2) is 60.1 Å². The van der Waals surface area contributed by atoms with Crippen molar-refractivity contribution in [1.82, 2.24) is 20.1 Å². The van der Waals surface area contributed by atoms with Crippen molar-refractivity contribution in [1.29, 1.82) is 0 Å². The molecule has 2 aromatic rings. The molecule has 194 valence electrons. The second-order valence-electron chi connectivity index (χ2n) is 9.95. The first-order valence-electron chi connectivity index (χ1n) is 13.8. The van der Waals surface area contributed by atoms with Crippen LogP contribution >= 0.6 is 11.6 Å². The molecule has 36 heavy (non-hydrogen) atoms. The summed E-state index contributed by atoms with van der Waals surface area (Å²) in [4.78, 5) is 22.1. The first-order chi connectivity index (χ1) is 17.6. The van der Waals surface area contributed by atoms with E-state index in [4.69, 9.17) is 16.6 Å². The molecule has 1 aliphatic carbocycles. The Balaban J connectivity index is 1.33. The maximum Gasteiger partial charge on any atom is 0.317 e. The number of aryl methyl sites for hydroxylation is 2. The van der Waals surface area contributed by atoms with Gasteiger partial charge in [0.05, 0.1) is 5.69 Å². The lowest BCUT2D eigenvalue weighted by molar-refractivity contribution is 0.193. The molecule has 1 aliphatic heterocycles. The van der Waals surface area contributed by atoms with Crippen LogP contribution in [0.5, 0.6) is 0 Å². The fraction of sp³-hybridized carbons (Fsp3) is 0.533. The van der Waals surface area contributed by atoms with Gasteiger partial charge >= 0.3 is 6.03 Å². The molecule has 0 bridgehead atoms. The Morgan fingerprint density at radius 1 is 1.00 bits per heavy atom. The van der Waals surface area contributed by atoms with Gasteiger partial charge in [0.2, 0.25) is 0 Å². The number of piperidine rings is 1. The average Bonchev–Trinajstić information content (AvgIpc) is 3.07. The highest BCUT2D eigenvalue weighted by Crippen LogP contribution is 2.38. The monoisotopic (exact) mass is 508 g/mol. The number of nitrogens with zero attached hydrogens (tertiary/aromatic N) is 3. The van der Waals surface area contributed by atoms with Crippen molar-refractivity contribution in [3.8, 4) is 0 Å². The maximum absolute atomic E-state index is 12.8. The topological polar surface area (TPSA) is 48.5 Å². The number of carbonyl (C=O) groups excluding carboxylic acids is 1. The molecule has 4 rings (SSSR count). The third-order valence-corrected chi connectivity index (χ3v) is 7.94. The van der Waals surface area contributed by atoms with Crippen molar-refractivity contribution in [2.24, 2.45) is 0 Å². The molecule has 0 spiro atoms. The summed E-state index contributed by atoms with van der Waals surface area (Å²) in [7, 11) is 0. The fourth-order valence-electron chi connectivity index (χ4n) is 5.52. The molecule has 1 aromatic heterocycles. The molecule has 1 fully saturated rings. The SMILES string of the molecule is CCN(CC)CCCCCCNC(=O)N1CCC(=C2c3ccc(Cl)cc3CCc3cccnc32)CC1. The molecular formula is C30H41ClN4O. The highest BCUT2D eigenvalue weighted by molar-refractivity contribution is 6.30. The summed E-state index contributed by atoms with van der Waals surface area (Å²) >= 11 is 6.35. The van der Waals surface area contributed by atoms with Crippen LogP contribution in [0.1, 0.15) is 74.8 Å². The minimum Gasteiger partial charge on any atom is -0.338 e. The Morgan fingerprint density at radius 3 is 2.53 bits per heavy atom. The Labute approximate surface area is 221 Å². The number of likely N-dealkylation sites (tertiary alicyclic amines) is 1. The summed E-state index contributed by atoms with van der Waals surface area (Å²) in [5, 5.41) is 3.93. The van der Waals surface area contributed by atoms with Gasteiger partial charge in [-0.2, -0.15) is 0 Å². The second-order valence-corrected chi connectivity index (χ2v) is 10.4. The summed E-state index contributed by atoms with van der Waals surface area (Å²) in [5.41, 5.74) is 7.61. The zero-order valence-electron chi connectivity index (χ0n) is 22.0. The molecule has 1 N–H and O–H groups in total. The van der Waals surface area contributed by atoms with Gasteiger partial charge < -0.3 is 15.1 Å². The third kappa shape index (κ3) is 6.68. The number of nitrogens with one attached hydrogen (secondary N) is 1. The van der Waals surface area contributed by atoms with Gasteiger partial charge in [-0.1, -0.05) is 56.0 Å². The largest absolute Gasteiger partial charge is 0.338 e. The number of urea groups is 1. The Kier molecular flexibility index (Phi) is 9.82. The molecule has 6 heteroatoms. The van der Waals surface area contributed by atoms with Crippen LogP contribution < -0.4 is 5.32 Å². The smallest absolute Gasteiger partial charge is 0.317 e. The van der Waals surface area contributed by atoms with E-state index >= 15 is 0 Å². The van der Waals surface area contributed by atoms with E-state index in [1.165, 1.54) is 53.6 Å². The maximum atomic E-state index is 12.8. The Hall–Kier alpha value is -2.37. The minimum atomic E-state index is 0.0776. The van der Waals surface area contributed by atoms with Crippen LogP contribution in [0, 0.1) is 0 Å². The predicted octanol–water partition coefficient (Wildman–Crippen LogP) is 6.34. The molecule has 0 saturated carbocycles. The van der Waals surface area contributed by atoms with Gasteiger partial charge in [0.1, 0.15) is 0 Å². The Bertz CT molecular complexity index is 1050. The van der Waals surface area contributed by atoms with Gasteiger partial charge in [0.25, 0.3) is 0 Å². The summed E-state index contributed by atoms with van der Waals surface area (Å²) in [6.45, 7) is 10.2. The predicted molar refractivity (Wildman–Crippen MR) is 150 cm³/mol. The Morgan fingerprint density at radius 2 is 1.75 bits per heavy atom. The van der Waals surface area contributed by atoms with E-state index in [2.05, 4.69) is 42.3 Å². The van der Waals surface area contributed by atoms with Crippen molar-refractivity contribution < 1.29 is 4.79 Å². The molecule has 5 nitrogen and oxygen atoms in total. The lowest BCUT2D eigenvalue weighted by Gasteiger charge is -2.30. The lowest BCUT2D eigenvalue weighted by Crippen LogP contribution is -2.43. The number of halogens is 1. The number of fused-ring (bicyclic) bond motifs is 2. The number of hydrogen-bond acceptors (Lipinski definition) is 3. The minimum absolute atomic E-state index is 0.0776.